The summed E-state index contributed by atoms with van der Waals surface area (Å²) in [6.45, 7) is 7.57. The minimum Gasteiger partial charge on any atom is -0.507 e. The topological polar surface area (TPSA) is 43.8 Å². The van der Waals surface area contributed by atoms with Crippen molar-refractivity contribution in [1.82, 2.24) is 9.80 Å². The monoisotopic (exact) mass is 274 g/mol. The molecule has 2 aliphatic rings. The summed E-state index contributed by atoms with van der Waals surface area (Å²) in [5.41, 5.74) is 3.12. The van der Waals surface area contributed by atoms with Crippen molar-refractivity contribution >= 4 is 5.91 Å². The van der Waals surface area contributed by atoms with Gasteiger partial charge >= 0.3 is 0 Å². The molecule has 2 saturated heterocycles. The number of fused-ring (bicyclic) bond motifs is 1. The van der Waals surface area contributed by atoms with Crippen molar-refractivity contribution in [2.75, 3.05) is 19.6 Å². The number of benzene rings is 1. The van der Waals surface area contributed by atoms with E-state index in [1.165, 1.54) is 5.56 Å². The van der Waals surface area contributed by atoms with E-state index in [9.17, 15) is 9.90 Å². The number of rotatable bonds is 2. The van der Waals surface area contributed by atoms with Crippen LogP contribution in [0.25, 0.3) is 0 Å². The Kier molecular flexibility index (Phi) is 3.42. The van der Waals surface area contributed by atoms with Crippen LogP contribution in [0.3, 0.4) is 0 Å². The predicted molar refractivity (Wildman–Crippen MR) is 77.6 cm³/mol. The second kappa shape index (κ2) is 5.09. The van der Waals surface area contributed by atoms with Gasteiger partial charge in [0.1, 0.15) is 5.75 Å². The zero-order chi connectivity index (χ0) is 14.3. The van der Waals surface area contributed by atoms with Crippen LogP contribution >= 0.6 is 0 Å². The highest BCUT2D eigenvalue weighted by atomic mass is 16.3. The van der Waals surface area contributed by atoms with Gasteiger partial charge in [0, 0.05) is 38.6 Å². The fraction of sp³-hybridized carbons (Fsp3) is 0.562. The number of carbonyl (C=O) groups excluding carboxylic acids is 1. The van der Waals surface area contributed by atoms with E-state index >= 15 is 0 Å². The largest absolute Gasteiger partial charge is 0.507 e. The number of phenolic OH excluding ortho intramolecular Hbond substituents is 1. The van der Waals surface area contributed by atoms with Crippen LogP contribution in [0.1, 0.15) is 29.5 Å². The van der Waals surface area contributed by atoms with Gasteiger partial charge in [-0.2, -0.15) is 0 Å². The maximum Gasteiger partial charge on any atom is 0.222 e. The lowest BCUT2D eigenvalue weighted by atomic mass is 10.0. The van der Waals surface area contributed by atoms with E-state index < -0.39 is 0 Å². The Hall–Kier alpha value is -1.55. The summed E-state index contributed by atoms with van der Waals surface area (Å²) >= 11 is 0. The number of carbonyl (C=O) groups is 1. The third kappa shape index (κ3) is 2.40. The molecular weight excluding hydrogens is 252 g/mol. The molecule has 0 bridgehead atoms. The third-order valence-corrected chi connectivity index (χ3v) is 4.54. The van der Waals surface area contributed by atoms with Crippen molar-refractivity contribution in [1.29, 1.82) is 0 Å². The van der Waals surface area contributed by atoms with E-state index in [0.29, 0.717) is 17.7 Å². The van der Waals surface area contributed by atoms with E-state index in [1.54, 1.807) is 0 Å². The first-order chi connectivity index (χ1) is 9.54. The Balaban J connectivity index is 1.69. The van der Waals surface area contributed by atoms with E-state index in [0.717, 1.165) is 50.1 Å². The molecule has 0 saturated carbocycles. The maximum atomic E-state index is 11.7. The van der Waals surface area contributed by atoms with E-state index in [1.807, 2.05) is 18.7 Å². The molecule has 4 nitrogen and oxygen atoms in total. The van der Waals surface area contributed by atoms with Gasteiger partial charge < -0.3 is 10.0 Å². The molecule has 2 heterocycles. The van der Waals surface area contributed by atoms with Gasteiger partial charge in [-0.15, -0.1) is 0 Å². The first kappa shape index (κ1) is 13.4. The fourth-order valence-electron chi connectivity index (χ4n) is 3.47. The van der Waals surface area contributed by atoms with Crippen LogP contribution in [-0.4, -0.2) is 46.5 Å². The lowest BCUT2D eigenvalue weighted by molar-refractivity contribution is -0.130. The van der Waals surface area contributed by atoms with Crippen molar-refractivity contribution in [3.8, 4) is 5.75 Å². The van der Waals surface area contributed by atoms with Gasteiger partial charge in [-0.3, -0.25) is 9.69 Å². The zero-order valence-electron chi connectivity index (χ0n) is 12.2. The number of aromatic hydroxyl groups is 1. The summed E-state index contributed by atoms with van der Waals surface area (Å²) in [5.74, 6) is 0.728. The minimum absolute atomic E-state index is 0.325. The van der Waals surface area contributed by atoms with E-state index in [2.05, 4.69) is 17.0 Å². The normalized spacial score (nSPS) is 23.2. The number of amides is 1. The molecule has 4 heteroatoms. The van der Waals surface area contributed by atoms with Crippen LogP contribution < -0.4 is 0 Å². The number of piperazine rings is 1. The summed E-state index contributed by atoms with van der Waals surface area (Å²) in [7, 11) is 0. The standard InChI is InChI=1S/C16H22N2O2/c1-11-7-13(8-12(2)16(11)20)9-17-5-6-18-14(10-17)3-4-15(18)19/h7-8,14,20H,3-6,9-10H2,1-2H3. The average molecular weight is 274 g/mol. The molecule has 1 amide bonds. The number of nitrogens with zero attached hydrogens (tertiary/aromatic N) is 2. The van der Waals surface area contributed by atoms with Gasteiger partial charge in [-0.25, -0.2) is 0 Å². The number of phenols is 1. The molecule has 1 aromatic carbocycles. The van der Waals surface area contributed by atoms with E-state index in [-0.39, 0.29) is 0 Å². The molecule has 1 atom stereocenters. The molecule has 108 valence electrons. The second-order valence-electron chi connectivity index (χ2n) is 6.09. The van der Waals surface area contributed by atoms with Crippen LogP contribution in [-0.2, 0) is 11.3 Å². The van der Waals surface area contributed by atoms with Crippen LogP contribution in [0.2, 0.25) is 0 Å². The highest BCUT2D eigenvalue weighted by Gasteiger charge is 2.35. The average Bonchev–Trinajstić information content (AvgIpc) is 2.77. The minimum atomic E-state index is 0.325. The van der Waals surface area contributed by atoms with Gasteiger partial charge in [0.05, 0.1) is 0 Å². The van der Waals surface area contributed by atoms with Crippen LogP contribution in [0.15, 0.2) is 12.1 Å². The van der Waals surface area contributed by atoms with Gasteiger partial charge in [-0.1, -0.05) is 12.1 Å². The summed E-state index contributed by atoms with van der Waals surface area (Å²) in [6.07, 6.45) is 1.72. The molecule has 1 unspecified atom stereocenters. The molecule has 2 fully saturated rings. The molecule has 2 aliphatic heterocycles. The van der Waals surface area contributed by atoms with Gasteiger partial charge in [-0.05, 0) is 37.0 Å². The smallest absolute Gasteiger partial charge is 0.222 e. The molecule has 20 heavy (non-hydrogen) atoms. The Bertz CT molecular complexity index is 518. The molecule has 0 aliphatic carbocycles. The van der Waals surface area contributed by atoms with Gasteiger partial charge in [0.15, 0.2) is 0 Å². The second-order valence-corrected chi connectivity index (χ2v) is 6.09. The van der Waals surface area contributed by atoms with Crippen molar-refractivity contribution in [2.24, 2.45) is 0 Å². The Labute approximate surface area is 120 Å². The third-order valence-electron chi connectivity index (χ3n) is 4.54. The first-order valence-electron chi connectivity index (χ1n) is 7.35. The molecule has 0 spiro atoms. The molecular formula is C16H22N2O2. The van der Waals surface area contributed by atoms with Crippen LogP contribution in [0.5, 0.6) is 5.75 Å². The lowest BCUT2D eigenvalue weighted by Gasteiger charge is -2.37. The quantitative estimate of drug-likeness (QED) is 0.894. The maximum absolute atomic E-state index is 11.7. The Morgan fingerprint density at radius 2 is 1.95 bits per heavy atom. The Morgan fingerprint density at radius 1 is 1.25 bits per heavy atom. The summed E-state index contributed by atoms with van der Waals surface area (Å²) in [5, 5.41) is 9.83. The molecule has 1 N–H and O–H groups in total. The number of hydrogen-bond acceptors (Lipinski definition) is 3. The first-order valence-corrected chi connectivity index (χ1v) is 7.35. The molecule has 0 radical (unpaired) electrons. The van der Waals surface area contributed by atoms with Crippen molar-refractivity contribution in [3.05, 3.63) is 28.8 Å². The molecule has 1 aromatic rings. The lowest BCUT2D eigenvalue weighted by Crippen LogP contribution is -2.50. The highest BCUT2D eigenvalue weighted by Crippen LogP contribution is 2.26. The fourth-order valence-corrected chi connectivity index (χ4v) is 3.47. The zero-order valence-corrected chi connectivity index (χ0v) is 12.2. The van der Waals surface area contributed by atoms with Crippen LogP contribution in [0.4, 0.5) is 0 Å². The van der Waals surface area contributed by atoms with E-state index in [4.69, 9.17) is 0 Å². The summed E-state index contributed by atoms with van der Waals surface area (Å²) < 4.78 is 0. The summed E-state index contributed by atoms with van der Waals surface area (Å²) in [4.78, 5) is 16.1. The van der Waals surface area contributed by atoms with Crippen molar-refractivity contribution in [3.63, 3.8) is 0 Å². The van der Waals surface area contributed by atoms with Crippen molar-refractivity contribution in [2.45, 2.75) is 39.3 Å². The number of aryl methyl sites for hydroxylation is 2. The Morgan fingerprint density at radius 3 is 2.65 bits per heavy atom. The molecule has 3 rings (SSSR count). The van der Waals surface area contributed by atoms with Gasteiger partial charge in [0.25, 0.3) is 0 Å². The predicted octanol–water partition coefficient (Wildman–Crippen LogP) is 1.82. The van der Waals surface area contributed by atoms with Crippen LogP contribution in [0, 0.1) is 13.8 Å². The van der Waals surface area contributed by atoms with Crippen molar-refractivity contribution < 1.29 is 9.90 Å². The molecule has 0 aromatic heterocycles. The number of hydrogen-bond donors (Lipinski definition) is 1. The summed E-state index contributed by atoms with van der Waals surface area (Å²) in [6, 6.07) is 4.54. The highest BCUT2D eigenvalue weighted by molar-refractivity contribution is 5.78. The van der Waals surface area contributed by atoms with Gasteiger partial charge in [0.2, 0.25) is 5.91 Å². The SMILES string of the molecule is Cc1cc(CN2CCN3C(=O)CCC3C2)cc(C)c1O.